The summed E-state index contributed by atoms with van der Waals surface area (Å²) in [6, 6.07) is 0. The maximum absolute atomic E-state index is 3.26. The number of halogens is 2. The molecule has 0 aromatic heterocycles. The Balaban J connectivity index is 0. The minimum atomic E-state index is -0.292. The predicted molar refractivity (Wildman–Crippen MR) is 32.2 cm³/mol. The molecule has 0 spiro atoms. The Hall–Kier alpha value is 2.65. The molecule has 0 atom stereocenters. The summed E-state index contributed by atoms with van der Waals surface area (Å²) in [5.74, 6) is 0. The van der Waals surface area contributed by atoms with Gasteiger partial charge in [0.1, 0.15) is 0 Å². The molecular weight excluding hydrogens is 391 g/mol. The first-order chi connectivity index (χ1) is 1.41. The average molecular weight is 393 g/mol. The van der Waals surface area contributed by atoms with Gasteiger partial charge in [-0.25, -0.2) is 0 Å². The maximum Gasteiger partial charge on any atom is 0.316 e. The van der Waals surface area contributed by atoms with E-state index in [1.54, 1.807) is 0 Å². The van der Waals surface area contributed by atoms with Crippen molar-refractivity contribution in [2.75, 3.05) is 0 Å². The van der Waals surface area contributed by atoms with Crippen molar-refractivity contribution in [2.45, 2.75) is 0 Å². The van der Waals surface area contributed by atoms with E-state index in [1.807, 2.05) is 0 Å². The monoisotopic (exact) mass is 392 g/mol. The zero-order chi connectivity index (χ0) is 2.71. The number of hydrogen-bond acceptors (Lipinski definition) is 0. The Kier molecular flexibility index (Phi) is 22.5. The van der Waals surface area contributed by atoms with Crippen molar-refractivity contribution in [1.82, 2.24) is 0 Å². The van der Waals surface area contributed by atoms with Crippen LogP contribution in [0.5, 0.6) is 0 Å². The quantitative estimate of drug-likeness (QED) is 0.523. The first kappa shape index (κ1) is 9.82. The summed E-state index contributed by atoms with van der Waals surface area (Å²) < 4.78 is 0. The van der Waals surface area contributed by atoms with E-state index in [0.29, 0.717) is 0 Å². The second kappa shape index (κ2) is 9.17. The molecule has 0 fully saturated rings. The fraction of sp³-hybridized carbons (Fsp3) is 0. The number of hydrogen-bond donors (Lipinski definition) is 0. The molecule has 2 radical (unpaired) electrons. The van der Waals surface area contributed by atoms with Gasteiger partial charge in [-0.3, -0.25) is 0 Å². The molecule has 0 heterocycles. The van der Waals surface area contributed by atoms with Crippen LogP contribution in [0.25, 0.3) is 0 Å². The van der Waals surface area contributed by atoms with Crippen molar-refractivity contribution >= 4 is 66.4 Å². The molecule has 4 heteroatoms. The minimum Gasteiger partial charge on any atom is 0.316 e. The standard InChI is InChI=1S/2BrH.Mg.Pb.2H/h2*1H;;;;/q;;;+2;;/p-2. The van der Waals surface area contributed by atoms with Gasteiger partial charge in [0.05, 0.1) is 0 Å². The van der Waals surface area contributed by atoms with Gasteiger partial charge in [0.15, 0.2) is 0 Å². The van der Waals surface area contributed by atoms with Crippen LogP contribution in [-0.4, -0.2) is 42.5 Å². The minimum absolute atomic E-state index is 0. The molecule has 0 aliphatic rings. The summed E-state index contributed by atoms with van der Waals surface area (Å²) in [7, 11) is 0. The second-order valence-corrected chi connectivity index (χ2v) is 16.9. The van der Waals surface area contributed by atoms with Gasteiger partial charge in [-0.05, 0) is 0 Å². The molecule has 4 heavy (non-hydrogen) atoms. The summed E-state index contributed by atoms with van der Waals surface area (Å²) in [4.78, 5) is 0. The van der Waals surface area contributed by atoms with E-state index < -0.39 is 0 Å². The molecule has 0 aromatic rings. The van der Waals surface area contributed by atoms with Crippen LogP contribution in [0.2, 0.25) is 0 Å². The van der Waals surface area contributed by atoms with Gasteiger partial charge in [-0.2, -0.15) is 0 Å². The van der Waals surface area contributed by atoms with Crippen LogP contribution >= 0.6 is 24.0 Å². The van der Waals surface area contributed by atoms with Gasteiger partial charge in [-0.1, -0.05) is 0 Å². The Labute approximate surface area is 65.1 Å². The van der Waals surface area contributed by atoms with E-state index in [2.05, 4.69) is 24.0 Å². The van der Waals surface area contributed by atoms with Crippen LogP contribution in [0.4, 0.5) is 0 Å². The fourth-order valence-electron chi connectivity index (χ4n) is 0. The summed E-state index contributed by atoms with van der Waals surface area (Å²) >= 11 is 6.22. The van der Waals surface area contributed by atoms with Gasteiger partial charge >= 0.3 is 66.4 Å². The smallest absolute Gasteiger partial charge is 0.316 e. The molecule has 0 unspecified atom stereocenters. The predicted octanol–water partition coefficient (Wildman–Crippen LogP) is 0.394. The molecule has 0 bridgehead atoms. The van der Waals surface area contributed by atoms with E-state index in [4.69, 9.17) is 0 Å². The van der Waals surface area contributed by atoms with Crippen molar-refractivity contribution in [3.05, 3.63) is 0 Å². The van der Waals surface area contributed by atoms with Crippen LogP contribution in [0.1, 0.15) is 0 Å². The van der Waals surface area contributed by atoms with Gasteiger partial charge in [-0.15, -0.1) is 0 Å². The Morgan fingerprint density at radius 1 is 1.25 bits per heavy atom. The van der Waals surface area contributed by atoms with E-state index in [9.17, 15) is 0 Å². The SMILES string of the molecule is [Br][Pb][Br].[MgH2]. The van der Waals surface area contributed by atoms with Crippen molar-refractivity contribution in [2.24, 2.45) is 0 Å². The van der Waals surface area contributed by atoms with Crippen LogP contribution in [0.3, 0.4) is 0 Å². The van der Waals surface area contributed by atoms with Crippen LogP contribution in [-0.2, 0) is 0 Å². The Bertz CT molecular complexity index is 6.00. The van der Waals surface area contributed by atoms with Gasteiger partial charge in [0.25, 0.3) is 0 Å². The summed E-state index contributed by atoms with van der Waals surface area (Å²) in [5, 5.41) is 0. The molecule has 22 valence electrons. The van der Waals surface area contributed by atoms with Gasteiger partial charge in [0, 0.05) is 0 Å². The van der Waals surface area contributed by atoms with Crippen LogP contribution in [0, 0.1) is 0 Å². The van der Waals surface area contributed by atoms with Crippen molar-refractivity contribution < 1.29 is 0 Å². The molecule has 0 N–H and O–H groups in total. The fourth-order valence-corrected chi connectivity index (χ4v) is 0. The molecule has 0 aliphatic carbocycles. The molecule has 0 saturated carbocycles. The molecule has 0 rings (SSSR count). The normalized spacial score (nSPS) is 4.50. The third-order valence-electron chi connectivity index (χ3n) is 0. The van der Waals surface area contributed by atoms with E-state index >= 15 is 0 Å². The summed E-state index contributed by atoms with van der Waals surface area (Å²) in [5.41, 5.74) is 0. The topological polar surface area (TPSA) is 0 Å². The number of rotatable bonds is 0. The van der Waals surface area contributed by atoms with Gasteiger partial charge < -0.3 is 0 Å². The van der Waals surface area contributed by atoms with Crippen molar-refractivity contribution in [3.63, 3.8) is 0 Å². The molecule has 0 amide bonds. The summed E-state index contributed by atoms with van der Waals surface area (Å²) in [6.45, 7) is 0. The van der Waals surface area contributed by atoms with Crippen molar-refractivity contribution in [1.29, 1.82) is 0 Å². The molecular formula is H2Br2MgPb. The maximum atomic E-state index is 3.26. The summed E-state index contributed by atoms with van der Waals surface area (Å²) in [6.07, 6.45) is 0. The molecule has 0 nitrogen and oxygen atoms in total. The Morgan fingerprint density at radius 2 is 1.25 bits per heavy atom. The first-order valence-corrected chi connectivity index (χ1v) is 17.2. The molecule has 0 aromatic carbocycles. The van der Waals surface area contributed by atoms with Crippen molar-refractivity contribution in [3.8, 4) is 0 Å². The van der Waals surface area contributed by atoms with Crippen LogP contribution in [0.15, 0.2) is 0 Å². The Morgan fingerprint density at radius 3 is 1.25 bits per heavy atom. The second-order valence-electron chi connectivity index (χ2n) is 0.0714. The largest absolute Gasteiger partial charge is 0.316 e. The third-order valence-corrected chi connectivity index (χ3v) is 0. The van der Waals surface area contributed by atoms with Crippen LogP contribution < -0.4 is 0 Å². The zero-order valence-electron chi connectivity index (χ0n) is 1.26. The molecule has 0 saturated heterocycles. The zero-order valence-corrected chi connectivity index (χ0v) is 8.32. The van der Waals surface area contributed by atoms with Gasteiger partial charge in [0.2, 0.25) is 0 Å². The molecule has 0 aliphatic heterocycles. The first-order valence-electron chi connectivity index (χ1n) is 0.378. The average Bonchev–Trinajstić information content (AvgIpc) is 0.918. The van der Waals surface area contributed by atoms with E-state index in [0.717, 1.165) is 0 Å². The van der Waals surface area contributed by atoms with E-state index in [1.165, 1.54) is 0 Å². The van der Waals surface area contributed by atoms with E-state index in [-0.39, 0.29) is 42.5 Å². The third kappa shape index (κ3) is 8.82.